The number of carbonyl (C=O) groups excluding carboxylic acids is 1. The van der Waals surface area contributed by atoms with E-state index in [0.717, 1.165) is 23.9 Å². The number of nitrogens with two attached hydrogens (primary N) is 1. The predicted molar refractivity (Wildman–Crippen MR) is 154 cm³/mol. The van der Waals surface area contributed by atoms with Gasteiger partial charge in [0.1, 0.15) is 16.2 Å². The smallest absolute Gasteiger partial charge is 0.290 e. The van der Waals surface area contributed by atoms with Gasteiger partial charge in [-0.15, -0.1) is 11.3 Å². The molecule has 0 bridgehead atoms. The van der Waals surface area contributed by atoms with Crippen LogP contribution in [0.5, 0.6) is 0 Å². The van der Waals surface area contributed by atoms with Crippen LogP contribution in [0.15, 0.2) is 57.1 Å². The molecule has 3 N–H and O–H groups in total. The van der Waals surface area contributed by atoms with Crippen molar-refractivity contribution in [2.45, 2.75) is 33.6 Å². The van der Waals surface area contributed by atoms with E-state index in [-0.39, 0.29) is 39.4 Å². The van der Waals surface area contributed by atoms with Crippen LogP contribution in [0.4, 0.5) is 5.69 Å². The fraction of sp³-hybridized carbons (Fsp3) is 0.286. The van der Waals surface area contributed by atoms with E-state index >= 15 is 0 Å². The second-order valence-electron chi connectivity index (χ2n) is 10.5. The molecule has 0 atom stereocenters. The molecule has 4 aromatic heterocycles. The summed E-state index contributed by atoms with van der Waals surface area (Å²) in [5, 5.41) is 8.24. The number of amidine groups is 1. The van der Waals surface area contributed by atoms with E-state index in [1.807, 2.05) is 6.92 Å². The van der Waals surface area contributed by atoms with Gasteiger partial charge in [-0.2, -0.15) is 9.78 Å². The van der Waals surface area contributed by atoms with Crippen molar-refractivity contribution in [3.05, 3.63) is 79.2 Å². The van der Waals surface area contributed by atoms with Gasteiger partial charge in [0.2, 0.25) is 0 Å². The second kappa shape index (κ2) is 9.73. The van der Waals surface area contributed by atoms with Crippen LogP contribution >= 0.6 is 11.3 Å². The van der Waals surface area contributed by atoms with Gasteiger partial charge in [0, 0.05) is 48.0 Å². The van der Waals surface area contributed by atoms with E-state index in [9.17, 15) is 14.4 Å². The molecule has 1 aliphatic rings. The third-order valence-electron chi connectivity index (χ3n) is 6.89. The first kappa shape index (κ1) is 26.2. The summed E-state index contributed by atoms with van der Waals surface area (Å²) in [6, 6.07) is 3.22. The fourth-order valence-electron chi connectivity index (χ4n) is 4.94. The zero-order valence-electron chi connectivity index (χ0n) is 22.4. The minimum atomic E-state index is -0.351. The zero-order valence-corrected chi connectivity index (χ0v) is 23.2. The normalized spacial score (nSPS) is 15.0. The minimum Gasteiger partial charge on any atom is -0.392 e. The summed E-state index contributed by atoms with van der Waals surface area (Å²) in [6.45, 7) is 6.26. The number of aliphatic imine (C=N–C) groups is 1. The molecular formula is C28H29N7O3S. The molecule has 0 fully saturated rings. The van der Waals surface area contributed by atoms with Crippen LogP contribution in [-0.4, -0.2) is 38.5 Å². The molecule has 1 aliphatic carbocycles. The van der Waals surface area contributed by atoms with E-state index in [4.69, 9.17) is 5.73 Å². The van der Waals surface area contributed by atoms with Crippen molar-refractivity contribution in [2.75, 3.05) is 7.05 Å². The number of nitrogens with one attached hydrogen (secondary N) is 1. The largest absolute Gasteiger partial charge is 0.392 e. The Labute approximate surface area is 228 Å². The summed E-state index contributed by atoms with van der Waals surface area (Å²) in [5.41, 5.74) is 8.78. The highest BCUT2D eigenvalue weighted by molar-refractivity contribution is 7.19. The number of thiophene rings is 1. The van der Waals surface area contributed by atoms with Gasteiger partial charge in [0.05, 0.1) is 11.8 Å². The van der Waals surface area contributed by atoms with Gasteiger partial charge >= 0.3 is 0 Å². The molecular weight excluding hydrogens is 514 g/mol. The number of carbonyl (C=O) groups is 1. The molecule has 5 rings (SSSR count). The molecule has 0 radical (unpaired) electrons. The van der Waals surface area contributed by atoms with Gasteiger partial charge in [0.25, 0.3) is 11.1 Å². The van der Waals surface area contributed by atoms with E-state index in [1.54, 1.807) is 44.7 Å². The van der Waals surface area contributed by atoms with Gasteiger partial charge < -0.3 is 15.6 Å². The van der Waals surface area contributed by atoms with E-state index in [0.29, 0.717) is 22.1 Å². The van der Waals surface area contributed by atoms with Gasteiger partial charge in [-0.05, 0) is 54.5 Å². The number of rotatable bonds is 6. The number of fused-ring (bicyclic) bond motifs is 3. The Morgan fingerprint density at radius 2 is 2.03 bits per heavy atom. The van der Waals surface area contributed by atoms with Crippen LogP contribution in [0, 0.1) is 5.41 Å². The lowest BCUT2D eigenvalue weighted by molar-refractivity contribution is 0.112. The van der Waals surface area contributed by atoms with Crippen LogP contribution in [0.3, 0.4) is 0 Å². The van der Waals surface area contributed by atoms with Crippen molar-refractivity contribution in [3.8, 4) is 16.9 Å². The molecule has 0 spiro atoms. The summed E-state index contributed by atoms with van der Waals surface area (Å²) in [5.74, 6) is 0.270. The van der Waals surface area contributed by atoms with Gasteiger partial charge in [-0.3, -0.25) is 14.4 Å². The van der Waals surface area contributed by atoms with Gasteiger partial charge in [0.15, 0.2) is 12.1 Å². The van der Waals surface area contributed by atoms with Crippen molar-refractivity contribution in [2.24, 2.45) is 23.2 Å². The maximum atomic E-state index is 13.6. The predicted octanol–water partition coefficient (Wildman–Crippen LogP) is 3.26. The second-order valence-corrected chi connectivity index (χ2v) is 11.6. The van der Waals surface area contributed by atoms with E-state index in [2.05, 4.69) is 34.2 Å². The van der Waals surface area contributed by atoms with Gasteiger partial charge in [-0.1, -0.05) is 13.8 Å². The number of hydrogen-bond acceptors (Lipinski definition) is 8. The first-order valence-electron chi connectivity index (χ1n) is 12.4. The summed E-state index contributed by atoms with van der Waals surface area (Å²) in [6.07, 6.45) is 8.88. The molecule has 0 unspecified atom stereocenters. The van der Waals surface area contributed by atoms with Crippen molar-refractivity contribution < 1.29 is 4.79 Å². The molecule has 0 saturated carbocycles. The average Bonchev–Trinajstić information content (AvgIpc) is 3.38. The lowest BCUT2D eigenvalue weighted by Crippen LogP contribution is -2.23. The van der Waals surface area contributed by atoms with E-state index < -0.39 is 0 Å². The molecule has 0 aromatic carbocycles. The summed E-state index contributed by atoms with van der Waals surface area (Å²) < 4.78 is 3.15. The number of pyridine rings is 2. The maximum absolute atomic E-state index is 13.6. The SMILES string of the molecule is CN/C(C)=C\C(N)=Nc1cc(-c2ccnc(-n3ncc4c5c(sc4c3=O)CC(C)(C)C5)c2C=O)cn(C)c1=O. The first-order valence-corrected chi connectivity index (χ1v) is 13.2. The fourth-order valence-corrected chi connectivity index (χ4v) is 6.41. The quantitative estimate of drug-likeness (QED) is 0.216. The summed E-state index contributed by atoms with van der Waals surface area (Å²) in [4.78, 5) is 48.6. The number of hydrogen-bond donors (Lipinski definition) is 2. The Kier molecular flexibility index (Phi) is 6.55. The number of nitrogens with zero attached hydrogens (tertiary/aromatic N) is 5. The van der Waals surface area contributed by atoms with Crippen molar-refractivity contribution >= 4 is 39.2 Å². The molecule has 4 aromatic rings. The van der Waals surface area contributed by atoms with E-state index in [1.165, 1.54) is 37.2 Å². The van der Waals surface area contributed by atoms with Crippen molar-refractivity contribution in [1.29, 1.82) is 0 Å². The molecule has 39 heavy (non-hydrogen) atoms. The number of aryl methyl sites for hydroxylation is 1. The molecule has 0 saturated heterocycles. The third kappa shape index (κ3) is 4.69. The standard InChI is InChI=1S/C28H29N7O3S/c1-15(30-4)8-23(29)33-21-9-16(13-34(5)26(21)37)17-6-7-31-25(20(17)14-36)35-27(38)24-19(12-32-35)18-10-28(2,3)11-22(18)39-24/h6-9,12-14,30H,10-11H2,1-5H3,(H2,29,33)/b15-8-. The highest BCUT2D eigenvalue weighted by atomic mass is 32.1. The number of aromatic nitrogens is 4. The monoisotopic (exact) mass is 543 g/mol. The number of allylic oxidation sites excluding steroid dienone is 1. The highest BCUT2D eigenvalue weighted by Gasteiger charge is 2.32. The number of aldehydes is 1. The Morgan fingerprint density at radius 3 is 2.74 bits per heavy atom. The zero-order chi connectivity index (χ0) is 28.1. The summed E-state index contributed by atoms with van der Waals surface area (Å²) in [7, 11) is 3.35. The highest BCUT2D eigenvalue weighted by Crippen LogP contribution is 2.43. The lowest BCUT2D eigenvalue weighted by Gasteiger charge is -2.15. The Balaban J connectivity index is 1.65. The Hall–Kier alpha value is -4.38. The summed E-state index contributed by atoms with van der Waals surface area (Å²) >= 11 is 1.49. The Bertz CT molecular complexity index is 1830. The molecule has 200 valence electrons. The average molecular weight is 544 g/mol. The van der Waals surface area contributed by atoms with Crippen LogP contribution in [0.2, 0.25) is 0 Å². The van der Waals surface area contributed by atoms with Crippen LogP contribution in [0.1, 0.15) is 41.6 Å². The Morgan fingerprint density at radius 1 is 1.26 bits per heavy atom. The molecule has 10 nitrogen and oxygen atoms in total. The first-order chi connectivity index (χ1) is 18.5. The van der Waals surface area contributed by atoms with Gasteiger partial charge in [-0.25, -0.2) is 9.98 Å². The van der Waals surface area contributed by atoms with Crippen LogP contribution in [-0.2, 0) is 19.9 Å². The topological polar surface area (TPSA) is 137 Å². The maximum Gasteiger partial charge on any atom is 0.290 e. The van der Waals surface area contributed by atoms with Crippen LogP contribution in [0.25, 0.3) is 27.0 Å². The molecule has 0 aliphatic heterocycles. The molecule has 4 heterocycles. The lowest BCUT2D eigenvalue weighted by atomic mass is 9.90. The molecule has 11 heteroatoms. The molecule has 0 amide bonds. The third-order valence-corrected chi connectivity index (χ3v) is 8.12. The van der Waals surface area contributed by atoms with Crippen molar-refractivity contribution in [1.82, 2.24) is 24.6 Å². The van der Waals surface area contributed by atoms with Crippen LogP contribution < -0.4 is 22.2 Å². The van der Waals surface area contributed by atoms with Crippen molar-refractivity contribution in [3.63, 3.8) is 0 Å². The minimum absolute atomic E-state index is 0.107.